The maximum absolute atomic E-state index is 11.0. The highest BCUT2D eigenvalue weighted by Crippen LogP contribution is 2.31. The van der Waals surface area contributed by atoms with Crippen molar-refractivity contribution < 1.29 is 4.92 Å². The minimum Gasteiger partial charge on any atom is -0.293 e. The maximum Gasteiger partial charge on any atom is 0.269 e. The molecule has 0 aliphatic carbocycles. The van der Waals surface area contributed by atoms with Crippen molar-refractivity contribution in [2.24, 2.45) is 0 Å². The summed E-state index contributed by atoms with van der Waals surface area (Å²) < 4.78 is 2.12. The number of para-hydroxylation sites is 2. The average Bonchev–Trinajstić information content (AvgIpc) is 3.07. The first-order valence-corrected chi connectivity index (χ1v) is 8.26. The predicted octanol–water partition coefficient (Wildman–Crippen LogP) is 5.22. The topological polar surface area (TPSA) is 60.4 Å². The Morgan fingerprint density at radius 2 is 1.58 bits per heavy atom. The summed E-state index contributed by atoms with van der Waals surface area (Å²) in [5.41, 5.74) is 3.95. The molecule has 5 nitrogen and oxygen atoms in total. The maximum atomic E-state index is 11.0. The summed E-state index contributed by atoms with van der Waals surface area (Å²) in [6.45, 7) is 0. The van der Waals surface area contributed by atoms with Gasteiger partial charge in [-0.2, -0.15) is 0 Å². The Hall–Kier alpha value is -3.73. The molecule has 0 aliphatic rings. The van der Waals surface area contributed by atoms with Crippen LogP contribution in [0.3, 0.4) is 0 Å². The lowest BCUT2D eigenvalue weighted by Gasteiger charge is -2.10. The van der Waals surface area contributed by atoms with Crippen molar-refractivity contribution in [3.8, 4) is 11.4 Å². The zero-order valence-electron chi connectivity index (χ0n) is 13.7. The van der Waals surface area contributed by atoms with E-state index in [2.05, 4.69) is 28.7 Å². The number of benzene rings is 3. The molecule has 0 saturated carbocycles. The van der Waals surface area contributed by atoms with Gasteiger partial charge < -0.3 is 0 Å². The van der Waals surface area contributed by atoms with Gasteiger partial charge in [0.1, 0.15) is 5.82 Å². The van der Waals surface area contributed by atoms with Gasteiger partial charge in [-0.15, -0.1) is 0 Å². The molecule has 0 unspecified atom stereocenters. The Kier molecular flexibility index (Phi) is 3.03. The van der Waals surface area contributed by atoms with Gasteiger partial charge in [0, 0.05) is 28.5 Å². The van der Waals surface area contributed by atoms with E-state index in [4.69, 9.17) is 4.98 Å². The Morgan fingerprint density at radius 3 is 2.38 bits per heavy atom. The molecule has 5 rings (SSSR count). The van der Waals surface area contributed by atoms with Crippen molar-refractivity contribution in [2.75, 3.05) is 0 Å². The third-order valence-electron chi connectivity index (χ3n) is 4.67. The quantitative estimate of drug-likeness (QED) is 0.327. The van der Waals surface area contributed by atoms with E-state index in [1.54, 1.807) is 12.1 Å². The van der Waals surface area contributed by atoms with Gasteiger partial charge in [0.05, 0.1) is 21.5 Å². The molecule has 3 aromatic carbocycles. The second-order valence-electron chi connectivity index (χ2n) is 6.18. The van der Waals surface area contributed by atoms with Gasteiger partial charge in [0.2, 0.25) is 0 Å². The normalized spacial score (nSPS) is 11.4. The first-order valence-electron chi connectivity index (χ1n) is 8.26. The van der Waals surface area contributed by atoms with Crippen molar-refractivity contribution in [1.29, 1.82) is 0 Å². The fraction of sp³-hybridized carbons (Fsp3) is 0. The monoisotopic (exact) mass is 339 g/mol. The second-order valence-corrected chi connectivity index (χ2v) is 6.18. The third-order valence-corrected chi connectivity index (χ3v) is 4.67. The highest BCUT2D eigenvalue weighted by atomic mass is 16.6. The molecule has 0 atom stereocenters. The summed E-state index contributed by atoms with van der Waals surface area (Å²) in [6, 6.07) is 24.9. The molecule has 26 heavy (non-hydrogen) atoms. The van der Waals surface area contributed by atoms with Crippen LogP contribution >= 0.6 is 0 Å². The number of non-ortho nitro benzene ring substituents is 1. The fourth-order valence-electron chi connectivity index (χ4n) is 3.46. The van der Waals surface area contributed by atoms with Crippen LogP contribution in [0.4, 0.5) is 5.69 Å². The number of hydrogen-bond acceptors (Lipinski definition) is 3. The van der Waals surface area contributed by atoms with Crippen LogP contribution in [0.15, 0.2) is 78.9 Å². The molecular formula is C21H13N3O2. The largest absolute Gasteiger partial charge is 0.293 e. The highest BCUT2D eigenvalue weighted by Gasteiger charge is 2.14. The fourth-order valence-corrected chi connectivity index (χ4v) is 3.46. The molecule has 0 aliphatic heterocycles. The van der Waals surface area contributed by atoms with Gasteiger partial charge in [0.25, 0.3) is 5.69 Å². The van der Waals surface area contributed by atoms with Gasteiger partial charge in [-0.05, 0) is 30.3 Å². The zero-order chi connectivity index (χ0) is 17.7. The van der Waals surface area contributed by atoms with E-state index in [-0.39, 0.29) is 5.69 Å². The van der Waals surface area contributed by atoms with E-state index in [0.717, 1.165) is 38.7 Å². The van der Waals surface area contributed by atoms with Crippen LogP contribution in [0.2, 0.25) is 0 Å². The summed E-state index contributed by atoms with van der Waals surface area (Å²) >= 11 is 0. The molecule has 0 fully saturated rings. The van der Waals surface area contributed by atoms with Crippen molar-refractivity contribution >= 4 is 33.0 Å². The summed E-state index contributed by atoms with van der Waals surface area (Å²) in [4.78, 5) is 15.4. The third kappa shape index (κ3) is 2.07. The molecule has 0 saturated heterocycles. The van der Waals surface area contributed by atoms with Crippen LogP contribution in [-0.4, -0.2) is 14.3 Å². The van der Waals surface area contributed by atoms with Gasteiger partial charge in [0.15, 0.2) is 0 Å². The molecule has 0 spiro atoms. The lowest BCUT2D eigenvalue weighted by atomic mass is 10.1. The molecule has 0 N–H and O–H groups in total. The van der Waals surface area contributed by atoms with Crippen LogP contribution < -0.4 is 0 Å². The number of nitrogens with zero attached hydrogens (tertiary/aromatic N) is 3. The van der Waals surface area contributed by atoms with Gasteiger partial charge >= 0.3 is 0 Å². The minimum atomic E-state index is -0.391. The van der Waals surface area contributed by atoms with E-state index in [9.17, 15) is 10.1 Å². The number of fused-ring (bicyclic) bond motifs is 5. The van der Waals surface area contributed by atoms with Gasteiger partial charge in [-0.3, -0.25) is 14.5 Å². The average molecular weight is 339 g/mol. The lowest BCUT2D eigenvalue weighted by molar-refractivity contribution is -0.384. The summed E-state index contributed by atoms with van der Waals surface area (Å²) in [5.74, 6) is 0.773. The number of rotatable bonds is 2. The van der Waals surface area contributed by atoms with Gasteiger partial charge in [-0.1, -0.05) is 36.4 Å². The summed E-state index contributed by atoms with van der Waals surface area (Å²) in [6.07, 6.45) is 0. The smallest absolute Gasteiger partial charge is 0.269 e. The number of aromatic nitrogens is 2. The molecule has 0 amide bonds. The second kappa shape index (κ2) is 5.39. The van der Waals surface area contributed by atoms with E-state index in [1.807, 2.05) is 30.3 Å². The minimum absolute atomic E-state index is 0.0724. The standard InChI is InChI=1S/C21H13N3O2/c25-24(26)16-11-9-14(10-12-16)21-22-18-7-3-2-6-17(18)20-13-15-5-1-4-8-19(15)23(20)21/h1-13H. The van der Waals surface area contributed by atoms with Gasteiger partial charge in [-0.25, -0.2) is 4.98 Å². The van der Waals surface area contributed by atoms with Crippen molar-refractivity contribution in [3.05, 3.63) is 89.0 Å². The van der Waals surface area contributed by atoms with Crippen molar-refractivity contribution in [3.63, 3.8) is 0 Å². The van der Waals surface area contributed by atoms with E-state index < -0.39 is 4.92 Å². The molecule has 124 valence electrons. The van der Waals surface area contributed by atoms with Crippen LogP contribution in [0.25, 0.3) is 38.7 Å². The molecule has 2 heterocycles. The number of nitro benzene ring substituents is 1. The van der Waals surface area contributed by atoms with Crippen LogP contribution in [-0.2, 0) is 0 Å². The van der Waals surface area contributed by atoms with Crippen molar-refractivity contribution in [2.45, 2.75) is 0 Å². The number of nitro groups is 1. The van der Waals surface area contributed by atoms with Crippen LogP contribution in [0.1, 0.15) is 0 Å². The lowest BCUT2D eigenvalue weighted by Crippen LogP contribution is -1.97. The Balaban J connectivity index is 1.92. The first-order chi connectivity index (χ1) is 12.7. The number of hydrogen-bond donors (Lipinski definition) is 0. The molecular weight excluding hydrogens is 326 g/mol. The highest BCUT2D eigenvalue weighted by molar-refractivity contribution is 6.02. The summed E-state index contributed by atoms with van der Waals surface area (Å²) in [7, 11) is 0. The molecule has 5 heteroatoms. The predicted molar refractivity (Wildman–Crippen MR) is 102 cm³/mol. The first kappa shape index (κ1) is 14.6. The van der Waals surface area contributed by atoms with Crippen LogP contribution in [0.5, 0.6) is 0 Å². The Morgan fingerprint density at radius 1 is 0.846 bits per heavy atom. The van der Waals surface area contributed by atoms with E-state index in [1.165, 1.54) is 12.1 Å². The van der Waals surface area contributed by atoms with Crippen LogP contribution in [0, 0.1) is 10.1 Å². The Bertz CT molecular complexity index is 1300. The molecule has 0 bridgehead atoms. The molecule has 0 radical (unpaired) electrons. The van der Waals surface area contributed by atoms with Crippen molar-refractivity contribution in [1.82, 2.24) is 9.38 Å². The summed E-state index contributed by atoms with van der Waals surface area (Å²) in [5, 5.41) is 13.2. The molecule has 5 aromatic rings. The zero-order valence-corrected chi connectivity index (χ0v) is 13.7. The van der Waals surface area contributed by atoms with E-state index >= 15 is 0 Å². The van der Waals surface area contributed by atoms with E-state index in [0.29, 0.717) is 0 Å². The molecule has 2 aromatic heterocycles. The Labute approximate surface area is 148 Å². The SMILES string of the molecule is O=[N+]([O-])c1ccc(-c2nc3ccccc3c3cc4ccccc4n23)cc1.